The van der Waals surface area contributed by atoms with E-state index in [1.54, 1.807) is 59.2 Å². The van der Waals surface area contributed by atoms with E-state index in [1.165, 1.54) is 0 Å². The van der Waals surface area contributed by atoms with Crippen LogP contribution in [0.3, 0.4) is 0 Å². The van der Waals surface area contributed by atoms with Gasteiger partial charge in [-0.25, -0.2) is 0 Å². The molecule has 3 aliphatic heterocycles. The van der Waals surface area contributed by atoms with E-state index in [0.29, 0.717) is 60.8 Å². The molecule has 170 valence electrons. The summed E-state index contributed by atoms with van der Waals surface area (Å²) >= 11 is 0. The first kappa shape index (κ1) is 21.0. The van der Waals surface area contributed by atoms with Crippen molar-refractivity contribution >= 4 is 23.6 Å². The van der Waals surface area contributed by atoms with E-state index >= 15 is 0 Å². The first-order valence-electron chi connectivity index (χ1n) is 10.9. The number of amides is 4. The highest BCUT2D eigenvalue weighted by molar-refractivity contribution is 6.22. The number of rotatable bonds is 3. The van der Waals surface area contributed by atoms with Gasteiger partial charge in [-0.15, -0.1) is 0 Å². The predicted molar refractivity (Wildman–Crippen MR) is 116 cm³/mol. The van der Waals surface area contributed by atoms with Gasteiger partial charge in [-0.05, 0) is 43.7 Å². The third-order valence-corrected chi connectivity index (χ3v) is 6.28. The molecule has 2 aromatic rings. The van der Waals surface area contributed by atoms with E-state index in [1.807, 2.05) is 0 Å². The molecule has 0 N–H and O–H groups in total. The zero-order chi connectivity index (χ0) is 23.1. The monoisotopic (exact) mass is 449 g/mol. The van der Waals surface area contributed by atoms with Gasteiger partial charge in [0.2, 0.25) is 12.7 Å². The van der Waals surface area contributed by atoms with Crippen molar-refractivity contribution < 1.29 is 28.7 Å². The molecular weight excluding hydrogens is 426 g/mol. The summed E-state index contributed by atoms with van der Waals surface area (Å²) < 4.78 is 10.7. The van der Waals surface area contributed by atoms with Gasteiger partial charge >= 0.3 is 0 Å². The first-order valence-corrected chi connectivity index (χ1v) is 10.9. The molecule has 0 spiro atoms. The minimum absolute atomic E-state index is 0.138. The molecule has 1 saturated heterocycles. The molecule has 0 aliphatic carbocycles. The molecule has 33 heavy (non-hydrogen) atoms. The van der Waals surface area contributed by atoms with Crippen LogP contribution < -0.4 is 9.47 Å². The first-order chi connectivity index (χ1) is 16.0. The summed E-state index contributed by atoms with van der Waals surface area (Å²) in [6.45, 7) is 3.33. The van der Waals surface area contributed by atoms with E-state index in [9.17, 15) is 19.2 Å². The molecule has 9 heteroatoms. The van der Waals surface area contributed by atoms with Gasteiger partial charge in [-0.1, -0.05) is 12.1 Å². The second-order valence-corrected chi connectivity index (χ2v) is 8.24. The lowest BCUT2D eigenvalue weighted by atomic mass is 10.1. The van der Waals surface area contributed by atoms with E-state index in [4.69, 9.17) is 9.47 Å². The smallest absolute Gasteiger partial charge is 0.262 e. The molecule has 2 aromatic carbocycles. The highest BCUT2D eigenvalue weighted by Crippen LogP contribution is 2.33. The van der Waals surface area contributed by atoms with Crippen LogP contribution in [-0.4, -0.2) is 77.3 Å². The van der Waals surface area contributed by atoms with Crippen LogP contribution in [-0.2, 0) is 4.79 Å². The van der Waals surface area contributed by atoms with Crippen molar-refractivity contribution in [2.75, 3.05) is 33.0 Å². The highest BCUT2D eigenvalue weighted by Gasteiger charge is 2.42. The third-order valence-electron chi connectivity index (χ3n) is 6.28. The normalized spacial score (nSPS) is 18.3. The number of nitrogens with zero attached hydrogens (tertiary/aromatic N) is 3. The fourth-order valence-electron chi connectivity index (χ4n) is 4.49. The molecule has 0 saturated carbocycles. The molecule has 3 aliphatic rings. The molecule has 1 unspecified atom stereocenters. The van der Waals surface area contributed by atoms with Crippen LogP contribution in [0.4, 0.5) is 0 Å². The standard InChI is InChI=1S/C24H23N3O6/c1-15(27-23(30)17-5-2-3-6-18(17)24(27)31)21(28)25-9-4-10-26(12-11-25)22(29)16-7-8-19-20(13-16)33-14-32-19/h2-3,5-8,13,15H,4,9-12,14H2,1H3. The Morgan fingerprint density at radius 3 is 2.21 bits per heavy atom. The average Bonchev–Trinajstić information content (AvgIpc) is 3.30. The number of ether oxygens (including phenoxy) is 2. The maximum atomic E-state index is 13.2. The largest absolute Gasteiger partial charge is 0.454 e. The zero-order valence-corrected chi connectivity index (χ0v) is 18.2. The zero-order valence-electron chi connectivity index (χ0n) is 18.2. The second-order valence-electron chi connectivity index (χ2n) is 8.24. The van der Waals surface area contributed by atoms with Gasteiger partial charge in [0.1, 0.15) is 6.04 Å². The predicted octanol–water partition coefficient (Wildman–Crippen LogP) is 1.77. The Morgan fingerprint density at radius 1 is 0.848 bits per heavy atom. The minimum atomic E-state index is -0.923. The Kier molecular flexibility index (Phi) is 5.24. The van der Waals surface area contributed by atoms with E-state index in [-0.39, 0.29) is 18.6 Å². The summed E-state index contributed by atoms with van der Waals surface area (Å²) in [6, 6.07) is 10.7. The molecule has 0 radical (unpaired) electrons. The van der Waals surface area contributed by atoms with E-state index in [0.717, 1.165) is 4.90 Å². The number of imide groups is 1. The molecule has 5 rings (SSSR count). The molecule has 0 bridgehead atoms. The lowest BCUT2D eigenvalue weighted by molar-refractivity contribution is -0.134. The molecule has 4 amide bonds. The van der Waals surface area contributed by atoms with Crippen molar-refractivity contribution in [2.24, 2.45) is 0 Å². The number of carbonyl (C=O) groups excluding carboxylic acids is 4. The molecule has 1 atom stereocenters. The fourth-order valence-corrected chi connectivity index (χ4v) is 4.49. The highest BCUT2D eigenvalue weighted by atomic mass is 16.7. The van der Waals surface area contributed by atoms with Gasteiger partial charge in [0.15, 0.2) is 11.5 Å². The maximum Gasteiger partial charge on any atom is 0.262 e. The Labute approximate surface area is 190 Å². The van der Waals surface area contributed by atoms with Crippen LogP contribution in [0.5, 0.6) is 11.5 Å². The molecule has 3 heterocycles. The van der Waals surface area contributed by atoms with Gasteiger partial charge in [-0.3, -0.25) is 24.1 Å². The van der Waals surface area contributed by atoms with Crippen LogP contribution in [0.1, 0.15) is 44.4 Å². The maximum absolute atomic E-state index is 13.2. The van der Waals surface area contributed by atoms with Crippen molar-refractivity contribution in [3.05, 3.63) is 59.2 Å². The Bertz CT molecular complexity index is 1130. The summed E-state index contributed by atoms with van der Waals surface area (Å²) in [5, 5.41) is 0. The Balaban J connectivity index is 1.25. The number of carbonyl (C=O) groups is 4. The average molecular weight is 449 g/mol. The van der Waals surface area contributed by atoms with E-state index in [2.05, 4.69) is 0 Å². The second kappa shape index (κ2) is 8.23. The van der Waals surface area contributed by atoms with Gasteiger partial charge in [-0.2, -0.15) is 0 Å². The number of hydrogen-bond acceptors (Lipinski definition) is 6. The van der Waals surface area contributed by atoms with Crippen LogP contribution in [0, 0.1) is 0 Å². The van der Waals surface area contributed by atoms with Crippen LogP contribution in [0.15, 0.2) is 42.5 Å². The van der Waals surface area contributed by atoms with Crippen LogP contribution >= 0.6 is 0 Å². The third kappa shape index (κ3) is 3.59. The summed E-state index contributed by atoms with van der Waals surface area (Å²) in [5.74, 6) is -0.196. The molecule has 9 nitrogen and oxygen atoms in total. The number of benzene rings is 2. The Hall–Kier alpha value is -3.88. The topological polar surface area (TPSA) is 96.5 Å². The molecule has 1 fully saturated rings. The fraction of sp³-hybridized carbons (Fsp3) is 0.333. The quantitative estimate of drug-likeness (QED) is 0.663. The van der Waals surface area contributed by atoms with Crippen molar-refractivity contribution in [1.29, 1.82) is 0 Å². The van der Waals surface area contributed by atoms with Gasteiger partial charge in [0, 0.05) is 31.7 Å². The summed E-state index contributed by atoms with van der Waals surface area (Å²) in [4.78, 5) is 56.1. The van der Waals surface area contributed by atoms with Crippen LogP contribution in [0.2, 0.25) is 0 Å². The summed E-state index contributed by atoms with van der Waals surface area (Å²) in [6.07, 6.45) is 0.594. The van der Waals surface area contributed by atoms with Crippen LogP contribution in [0.25, 0.3) is 0 Å². The minimum Gasteiger partial charge on any atom is -0.454 e. The summed E-state index contributed by atoms with van der Waals surface area (Å²) in [7, 11) is 0. The molecule has 0 aromatic heterocycles. The van der Waals surface area contributed by atoms with Crippen molar-refractivity contribution in [2.45, 2.75) is 19.4 Å². The van der Waals surface area contributed by atoms with Gasteiger partial charge < -0.3 is 19.3 Å². The van der Waals surface area contributed by atoms with Crippen molar-refractivity contribution in [3.63, 3.8) is 0 Å². The van der Waals surface area contributed by atoms with Crippen molar-refractivity contribution in [1.82, 2.24) is 14.7 Å². The van der Waals surface area contributed by atoms with Gasteiger partial charge in [0.05, 0.1) is 11.1 Å². The van der Waals surface area contributed by atoms with Crippen molar-refractivity contribution in [3.8, 4) is 11.5 Å². The summed E-state index contributed by atoms with van der Waals surface area (Å²) in [5.41, 5.74) is 1.13. The lowest BCUT2D eigenvalue weighted by Gasteiger charge is -2.28. The SMILES string of the molecule is CC(C(=O)N1CCCN(C(=O)c2ccc3c(c2)OCO3)CC1)N1C(=O)c2ccccc2C1=O. The Morgan fingerprint density at radius 2 is 1.48 bits per heavy atom. The van der Waals surface area contributed by atoms with E-state index < -0.39 is 17.9 Å². The number of hydrogen-bond donors (Lipinski definition) is 0. The van der Waals surface area contributed by atoms with Gasteiger partial charge in [0.25, 0.3) is 17.7 Å². The number of fused-ring (bicyclic) bond motifs is 2. The lowest BCUT2D eigenvalue weighted by Crippen LogP contribution is -2.50. The molecular formula is C24H23N3O6.